The van der Waals surface area contributed by atoms with Crippen LogP contribution in [-0.2, 0) is 12.8 Å². The second-order valence-corrected chi connectivity index (χ2v) is 5.34. The summed E-state index contributed by atoms with van der Waals surface area (Å²) in [7, 11) is 0. The van der Waals surface area contributed by atoms with Crippen molar-refractivity contribution < 1.29 is 13.5 Å². The highest BCUT2D eigenvalue weighted by molar-refractivity contribution is 5.40. The molecule has 0 aliphatic carbocycles. The number of rotatable bonds is 3. The summed E-state index contributed by atoms with van der Waals surface area (Å²) < 4.78 is 32.5. The molecule has 0 amide bonds. The van der Waals surface area contributed by atoms with E-state index in [4.69, 9.17) is 10.5 Å². The van der Waals surface area contributed by atoms with Crippen molar-refractivity contribution in [1.29, 1.82) is 0 Å². The van der Waals surface area contributed by atoms with Gasteiger partial charge in [0.1, 0.15) is 5.75 Å². The van der Waals surface area contributed by atoms with Crippen LogP contribution in [0.5, 0.6) is 5.75 Å². The first-order valence-electron chi connectivity index (χ1n) is 7.09. The van der Waals surface area contributed by atoms with E-state index in [-0.39, 0.29) is 12.5 Å². The summed E-state index contributed by atoms with van der Waals surface area (Å²) >= 11 is 0. The molecule has 2 aromatic rings. The van der Waals surface area contributed by atoms with Gasteiger partial charge >= 0.3 is 0 Å². The minimum Gasteiger partial charge on any atom is -0.493 e. The maximum atomic E-state index is 13.7. The SMILES string of the molecule is NC(Cc1cccc(F)c1F)c1ccc2c(c1)CCCO2. The van der Waals surface area contributed by atoms with Crippen LogP contribution in [-0.4, -0.2) is 6.61 Å². The standard InChI is InChI=1S/C17H17F2NO/c18-14-5-1-3-13(17(14)19)10-15(20)11-6-7-16-12(9-11)4-2-8-21-16/h1,3,5-7,9,15H,2,4,8,10,20H2. The monoisotopic (exact) mass is 289 g/mol. The third-order valence-electron chi connectivity index (χ3n) is 3.83. The number of aryl methyl sites for hydroxylation is 1. The van der Waals surface area contributed by atoms with Gasteiger partial charge in [-0.2, -0.15) is 0 Å². The minimum absolute atomic E-state index is 0.267. The third kappa shape index (κ3) is 2.90. The lowest BCUT2D eigenvalue weighted by atomic mass is 9.95. The minimum atomic E-state index is -0.835. The van der Waals surface area contributed by atoms with Crippen LogP contribution in [0.25, 0.3) is 0 Å². The Morgan fingerprint density at radius 2 is 2.05 bits per heavy atom. The summed E-state index contributed by atoms with van der Waals surface area (Å²) in [6.07, 6.45) is 2.22. The largest absolute Gasteiger partial charge is 0.493 e. The Balaban J connectivity index is 1.82. The van der Waals surface area contributed by atoms with Gasteiger partial charge in [0.05, 0.1) is 6.61 Å². The molecule has 3 rings (SSSR count). The molecule has 1 aliphatic heterocycles. The van der Waals surface area contributed by atoms with E-state index in [1.165, 1.54) is 6.07 Å². The maximum Gasteiger partial charge on any atom is 0.162 e. The fourth-order valence-corrected chi connectivity index (χ4v) is 2.67. The summed E-state index contributed by atoms with van der Waals surface area (Å²) in [6, 6.07) is 9.63. The predicted octanol–water partition coefficient (Wildman–Crippen LogP) is 3.53. The van der Waals surface area contributed by atoms with Crippen molar-refractivity contribution >= 4 is 0 Å². The van der Waals surface area contributed by atoms with Crippen LogP contribution < -0.4 is 10.5 Å². The molecular formula is C17H17F2NO. The van der Waals surface area contributed by atoms with Gasteiger partial charge in [0, 0.05) is 6.04 Å². The van der Waals surface area contributed by atoms with Crippen molar-refractivity contribution in [3.63, 3.8) is 0 Å². The van der Waals surface area contributed by atoms with Gasteiger partial charge in [-0.25, -0.2) is 8.78 Å². The molecular weight excluding hydrogens is 272 g/mol. The van der Waals surface area contributed by atoms with Crippen LogP contribution in [0.4, 0.5) is 8.78 Å². The molecule has 1 aliphatic rings. The van der Waals surface area contributed by atoms with E-state index in [0.29, 0.717) is 5.56 Å². The summed E-state index contributed by atoms with van der Waals surface area (Å²) in [5.41, 5.74) is 8.50. The maximum absolute atomic E-state index is 13.7. The number of nitrogens with two attached hydrogens (primary N) is 1. The Bertz CT molecular complexity index is 657. The van der Waals surface area contributed by atoms with Crippen LogP contribution in [0.1, 0.15) is 29.2 Å². The normalized spacial score (nSPS) is 15.2. The first kappa shape index (κ1) is 14.0. The van der Waals surface area contributed by atoms with E-state index in [1.54, 1.807) is 6.07 Å². The summed E-state index contributed by atoms with van der Waals surface area (Å²) in [6.45, 7) is 0.743. The topological polar surface area (TPSA) is 35.2 Å². The molecule has 0 radical (unpaired) electrons. The zero-order chi connectivity index (χ0) is 14.8. The molecule has 21 heavy (non-hydrogen) atoms. The molecule has 0 saturated heterocycles. The Labute approximate surface area is 122 Å². The molecule has 0 aromatic heterocycles. The first-order valence-corrected chi connectivity index (χ1v) is 7.09. The Kier molecular flexibility index (Phi) is 3.88. The third-order valence-corrected chi connectivity index (χ3v) is 3.83. The molecule has 1 atom stereocenters. The summed E-state index contributed by atoms with van der Waals surface area (Å²) in [5.74, 6) is -0.748. The molecule has 2 aromatic carbocycles. The van der Waals surface area contributed by atoms with E-state index >= 15 is 0 Å². The molecule has 1 heterocycles. The molecule has 0 saturated carbocycles. The van der Waals surface area contributed by atoms with E-state index in [9.17, 15) is 8.78 Å². The molecule has 2 N–H and O–H groups in total. The van der Waals surface area contributed by atoms with Gasteiger partial charge in [-0.15, -0.1) is 0 Å². The zero-order valence-electron chi connectivity index (χ0n) is 11.6. The molecule has 0 spiro atoms. The van der Waals surface area contributed by atoms with Crippen molar-refractivity contribution in [2.24, 2.45) is 5.73 Å². The quantitative estimate of drug-likeness (QED) is 0.938. The summed E-state index contributed by atoms with van der Waals surface area (Å²) in [4.78, 5) is 0. The van der Waals surface area contributed by atoms with Crippen molar-refractivity contribution in [2.45, 2.75) is 25.3 Å². The molecule has 1 unspecified atom stereocenters. The summed E-state index contributed by atoms with van der Waals surface area (Å²) in [5, 5.41) is 0. The van der Waals surface area contributed by atoms with Gasteiger partial charge in [-0.1, -0.05) is 24.3 Å². The molecule has 0 fully saturated rings. The molecule has 4 heteroatoms. The molecule has 2 nitrogen and oxygen atoms in total. The van der Waals surface area contributed by atoms with Gasteiger partial charge in [0.25, 0.3) is 0 Å². The van der Waals surface area contributed by atoms with Gasteiger partial charge in [-0.3, -0.25) is 0 Å². The predicted molar refractivity (Wildman–Crippen MR) is 77.2 cm³/mol. The van der Waals surface area contributed by atoms with Crippen molar-refractivity contribution in [2.75, 3.05) is 6.61 Å². The van der Waals surface area contributed by atoms with Crippen LogP contribution >= 0.6 is 0 Å². The fraction of sp³-hybridized carbons (Fsp3) is 0.294. The van der Waals surface area contributed by atoms with Gasteiger partial charge in [-0.05, 0) is 48.1 Å². The van der Waals surface area contributed by atoms with Crippen LogP contribution in [0.3, 0.4) is 0 Å². The van der Waals surface area contributed by atoms with E-state index in [1.807, 2.05) is 18.2 Å². The Morgan fingerprint density at radius 1 is 1.19 bits per heavy atom. The number of benzene rings is 2. The van der Waals surface area contributed by atoms with E-state index in [2.05, 4.69) is 0 Å². The van der Waals surface area contributed by atoms with Crippen molar-refractivity contribution in [1.82, 2.24) is 0 Å². The number of hydrogen-bond donors (Lipinski definition) is 1. The number of halogens is 2. The highest BCUT2D eigenvalue weighted by atomic mass is 19.2. The number of fused-ring (bicyclic) bond motifs is 1. The lowest BCUT2D eigenvalue weighted by molar-refractivity contribution is 0.288. The second-order valence-electron chi connectivity index (χ2n) is 5.34. The highest BCUT2D eigenvalue weighted by Gasteiger charge is 2.16. The van der Waals surface area contributed by atoms with Crippen LogP contribution in [0.15, 0.2) is 36.4 Å². The van der Waals surface area contributed by atoms with Crippen LogP contribution in [0.2, 0.25) is 0 Å². The molecule has 0 bridgehead atoms. The smallest absolute Gasteiger partial charge is 0.162 e. The Hall–Kier alpha value is -1.94. The Morgan fingerprint density at radius 3 is 2.90 bits per heavy atom. The van der Waals surface area contributed by atoms with E-state index in [0.717, 1.165) is 42.4 Å². The van der Waals surface area contributed by atoms with E-state index < -0.39 is 11.6 Å². The number of ether oxygens (including phenoxy) is 1. The highest BCUT2D eigenvalue weighted by Crippen LogP contribution is 2.28. The van der Waals surface area contributed by atoms with Crippen molar-refractivity contribution in [3.8, 4) is 5.75 Å². The lowest BCUT2D eigenvalue weighted by Gasteiger charge is -2.20. The van der Waals surface area contributed by atoms with Gasteiger partial charge < -0.3 is 10.5 Å². The second kappa shape index (κ2) is 5.82. The van der Waals surface area contributed by atoms with Gasteiger partial charge in [0.15, 0.2) is 11.6 Å². The molecule has 110 valence electrons. The van der Waals surface area contributed by atoms with Crippen LogP contribution in [0, 0.1) is 11.6 Å². The fourth-order valence-electron chi connectivity index (χ4n) is 2.67. The number of hydrogen-bond acceptors (Lipinski definition) is 2. The van der Waals surface area contributed by atoms with Crippen molar-refractivity contribution in [3.05, 3.63) is 64.7 Å². The van der Waals surface area contributed by atoms with Gasteiger partial charge in [0.2, 0.25) is 0 Å². The average molecular weight is 289 g/mol. The zero-order valence-corrected chi connectivity index (χ0v) is 11.6. The first-order chi connectivity index (χ1) is 10.1. The lowest BCUT2D eigenvalue weighted by Crippen LogP contribution is -2.16. The average Bonchev–Trinajstić information content (AvgIpc) is 2.51.